The summed E-state index contributed by atoms with van der Waals surface area (Å²) in [6.45, 7) is 4.18. The predicted molar refractivity (Wildman–Crippen MR) is 113 cm³/mol. The van der Waals surface area contributed by atoms with E-state index in [-0.39, 0.29) is 11.7 Å². The van der Waals surface area contributed by atoms with Gasteiger partial charge in [-0.2, -0.15) is 4.52 Å². The molecule has 0 aliphatic rings. The monoisotopic (exact) mass is 411 g/mol. The number of phenolic OH excluding ortho intramolecular Hbond substituents is 1. The van der Waals surface area contributed by atoms with Crippen molar-refractivity contribution < 1.29 is 9.50 Å². The van der Waals surface area contributed by atoms with Crippen LogP contribution in [0.1, 0.15) is 49.6 Å². The van der Waals surface area contributed by atoms with Crippen LogP contribution >= 0.6 is 11.3 Å². The van der Waals surface area contributed by atoms with E-state index >= 15 is 0 Å². The van der Waals surface area contributed by atoms with Crippen LogP contribution in [0.15, 0.2) is 42.5 Å². The molecule has 0 saturated carbocycles. The van der Waals surface area contributed by atoms with Gasteiger partial charge in [0.15, 0.2) is 5.82 Å². The molecule has 0 aliphatic heterocycles. The zero-order valence-electron chi connectivity index (χ0n) is 16.3. The maximum absolute atomic E-state index is 13.4. The SMILES string of the molecule is CCCCc1cc([C@H](C)c2nnc3sc(Nc4cccc(F)c4)nn23)ccc1O. The van der Waals surface area contributed by atoms with Gasteiger partial charge >= 0.3 is 0 Å². The molecule has 2 aromatic heterocycles. The summed E-state index contributed by atoms with van der Waals surface area (Å²) < 4.78 is 15.1. The Hall–Kier alpha value is -3.00. The standard InChI is InChI=1S/C21H22FN5OS/c1-3-4-6-15-11-14(9-10-18(15)28)13(2)19-24-25-21-27(19)26-20(29-21)23-17-8-5-7-16(22)12-17/h5,7-13,28H,3-4,6H2,1-2H3,(H,23,26)/t13-/m0/s1. The number of anilines is 2. The van der Waals surface area contributed by atoms with E-state index in [1.54, 1.807) is 22.7 Å². The van der Waals surface area contributed by atoms with Gasteiger partial charge in [0.1, 0.15) is 11.6 Å². The highest BCUT2D eigenvalue weighted by molar-refractivity contribution is 7.20. The predicted octanol–water partition coefficient (Wildman–Crippen LogP) is 5.27. The molecule has 0 unspecified atom stereocenters. The lowest BCUT2D eigenvalue weighted by Crippen LogP contribution is -2.04. The van der Waals surface area contributed by atoms with Gasteiger partial charge in [0, 0.05) is 11.6 Å². The molecule has 0 fully saturated rings. The molecule has 8 heteroatoms. The summed E-state index contributed by atoms with van der Waals surface area (Å²) in [6, 6.07) is 11.9. The number of aryl methyl sites for hydroxylation is 1. The van der Waals surface area contributed by atoms with Crippen molar-refractivity contribution in [2.45, 2.75) is 39.0 Å². The van der Waals surface area contributed by atoms with E-state index < -0.39 is 0 Å². The van der Waals surface area contributed by atoms with Crippen LogP contribution in [0.3, 0.4) is 0 Å². The van der Waals surface area contributed by atoms with E-state index in [1.165, 1.54) is 23.5 Å². The van der Waals surface area contributed by atoms with Gasteiger partial charge in [0.05, 0.1) is 0 Å². The van der Waals surface area contributed by atoms with E-state index in [0.29, 0.717) is 21.5 Å². The molecule has 1 atom stereocenters. The Bertz CT molecular complexity index is 1140. The number of unbranched alkanes of at least 4 members (excludes halogenated alkanes) is 1. The number of hydrogen-bond acceptors (Lipinski definition) is 6. The summed E-state index contributed by atoms with van der Waals surface area (Å²) in [4.78, 5) is 0.663. The van der Waals surface area contributed by atoms with E-state index in [1.807, 2.05) is 19.1 Å². The van der Waals surface area contributed by atoms with Crippen LogP contribution in [0.2, 0.25) is 0 Å². The van der Waals surface area contributed by atoms with Crippen molar-refractivity contribution in [2.24, 2.45) is 0 Å². The number of halogens is 1. The summed E-state index contributed by atoms with van der Waals surface area (Å²) in [5.41, 5.74) is 2.63. The number of fused-ring (bicyclic) bond motifs is 1. The van der Waals surface area contributed by atoms with Gasteiger partial charge < -0.3 is 10.4 Å². The van der Waals surface area contributed by atoms with E-state index in [2.05, 4.69) is 27.5 Å². The number of aromatic nitrogens is 4. The Labute approximate surface area is 172 Å². The highest BCUT2D eigenvalue weighted by Crippen LogP contribution is 2.30. The fourth-order valence-electron chi connectivity index (χ4n) is 3.23. The molecule has 0 spiro atoms. The lowest BCUT2D eigenvalue weighted by atomic mass is 9.96. The average molecular weight is 412 g/mol. The summed E-state index contributed by atoms with van der Waals surface area (Å²) in [5, 5.41) is 27.0. The molecule has 0 bridgehead atoms. The first-order valence-corrected chi connectivity index (χ1v) is 10.4. The highest BCUT2D eigenvalue weighted by Gasteiger charge is 2.20. The molecule has 0 amide bonds. The van der Waals surface area contributed by atoms with Crippen molar-refractivity contribution in [2.75, 3.05) is 5.32 Å². The minimum Gasteiger partial charge on any atom is -0.508 e. The van der Waals surface area contributed by atoms with Gasteiger partial charge in [-0.1, -0.05) is 49.8 Å². The van der Waals surface area contributed by atoms with Crippen LogP contribution in [-0.2, 0) is 6.42 Å². The molecule has 4 rings (SSSR count). The molecule has 4 aromatic rings. The Morgan fingerprint density at radius 1 is 1.21 bits per heavy atom. The number of nitrogens with zero attached hydrogens (tertiary/aromatic N) is 4. The van der Waals surface area contributed by atoms with Crippen molar-refractivity contribution in [1.82, 2.24) is 19.8 Å². The summed E-state index contributed by atoms with van der Waals surface area (Å²) >= 11 is 1.35. The lowest BCUT2D eigenvalue weighted by molar-refractivity contribution is 0.466. The summed E-state index contributed by atoms with van der Waals surface area (Å²) in [7, 11) is 0. The molecule has 0 aliphatic carbocycles. The minimum absolute atomic E-state index is 0.0462. The zero-order valence-corrected chi connectivity index (χ0v) is 17.1. The molecule has 2 heterocycles. The summed E-state index contributed by atoms with van der Waals surface area (Å²) in [6.07, 6.45) is 2.95. The van der Waals surface area contributed by atoms with Crippen LogP contribution in [0, 0.1) is 5.82 Å². The Morgan fingerprint density at radius 2 is 2.07 bits per heavy atom. The summed E-state index contributed by atoms with van der Waals surface area (Å²) in [5.74, 6) is 0.695. The number of aromatic hydroxyl groups is 1. The first-order chi connectivity index (χ1) is 14.0. The van der Waals surface area contributed by atoms with E-state index in [0.717, 1.165) is 36.2 Å². The van der Waals surface area contributed by atoms with Crippen molar-refractivity contribution in [3.05, 3.63) is 65.2 Å². The largest absolute Gasteiger partial charge is 0.508 e. The molecule has 150 valence electrons. The second kappa shape index (κ2) is 8.16. The second-order valence-electron chi connectivity index (χ2n) is 7.01. The van der Waals surface area contributed by atoms with E-state index in [9.17, 15) is 9.50 Å². The molecule has 2 aromatic carbocycles. The third kappa shape index (κ3) is 4.07. The first kappa shape index (κ1) is 19.3. The quantitative estimate of drug-likeness (QED) is 0.433. The zero-order chi connectivity index (χ0) is 20.4. The molecule has 6 nitrogen and oxygen atoms in total. The minimum atomic E-state index is -0.307. The number of benzene rings is 2. The topological polar surface area (TPSA) is 75.3 Å². The van der Waals surface area contributed by atoms with Crippen molar-refractivity contribution in [3.63, 3.8) is 0 Å². The Morgan fingerprint density at radius 3 is 2.86 bits per heavy atom. The number of nitrogens with one attached hydrogen (secondary N) is 1. The molecule has 29 heavy (non-hydrogen) atoms. The number of phenols is 1. The van der Waals surface area contributed by atoms with E-state index in [4.69, 9.17) is 0 Å². The first-order valence-electron chi connectivity index (χ1n) is 9.61. The Balaban J connectivity index is 1.61. The van der Waals surface area contributed by atoms with Crippen LogP contribution in [0.4, 0.5) is 15.2 Å². The van der Waals surface area contributed by atoms with Crippen LogP contribution in [0.25, 0.3) is 4.96 Å². The van der Waals surface area contributed by atoms with Gasteiger partial charge in [-0.15, -0.1) is 15.3 Å². The van der Waals surface area contributed by atoms with Crippen molar-refractivity contribution in [3.8, 4) is 5.75 Å². The Kier molecular flexibility index (Phi) is 5.44. The van der Waals surface area contributed by atoms with Gasteiger partial charge in [-0.25, -0.2) is 4.39 Å². The van der Waals surface area contributed by atoms with Gasteiger partial charge in [0.2, 0.25) is 10.1 Å². The maximum Gasteiger partial charge on any atom is 0.236 e. The van der Waals surface area contributed by atoms with Crippen LogP contribution in [0.5, 0.6) is 5.75 Å². The molecule has 0 saturated heterocycles. The second-order valence-corrected chi connectivity index (χ2v) is 7.96. The van der Waals surface area contributed by atoms with Gasteiger partial charge in [-0.05, 0) is 48.2 Å². The maximum atomic E-state index is 13.4. The smallest absolute Gasteiger partial charge is 0.236 e. The van der Waals surface area contributed by atoms with Gasteiger partial charge in [-0.3, -0.25) is 0 Å². The molecule has 0 radical (unpaired) electrons. The molecular weight excluding hydrogens is 389 g/mol. The fraction of sp³-hybridized carbons (Fsp3) is 0.286. The van der Waals surface area contributed by atoms with Crippen LogP contribution < -0.4 is 5.32 Å². The molecule has 2 N–H and O–H groups in total. The fourth-order valence-corrected chi connectivity index (χ4v) is 4.00. The number of hydrogen-bond donors (Lipinski definition) is 2. The third-order valence-corrected chi connectivity index (χ3v) is 5.70. The lowest BCUT2D eigenvalue weighted by Gasteiger charge is -2.12. The third-order valence-electron chi connectivity index (χ3n) is 4.88. The number of rotatable bonds is 7. The van der Waals surface area contributed by atoms with Crippen molar-refractivity contribution in [1.29, 1.82) is 0 Å². The molecular formula is C21H22FN5OS. The average Bonchev–Trinajstić information content (AvgIpc) is 3.27. The normalized spacial score (nSPS) is 12.4. The van der Waals surface area contributed by atoms with Gasteiger partial charge in [0.25, 0.3) is 0 Å². The van der Waals surface area contributed by atoms with Crippen LogP contribution in [-0.4, -0.2) is 24.9 Å². The van der Waals surface area contributed by atoms with Crippen molar-refractivity contribution >= 4 is 27.1 Å². The highest BCUT2D eigenvalue weighted by atomic mass is 32.1.